The van der Waals surface area contributed by atoms with E-state index in [1.165, 1.54) is 0 Å². The molecular formula is C6H4F4. The van der Waals surface area contributed by atoms with Gasteiger partial charge < -0.3 is 0 Å². The number of allylic oxidation sites excluding steroid dienone is 2. The highest BCUT2D eigenvalue weighted by Crippen LogP contribution is 2.47. The standard InChI is InChI=1S/C6H4F4/c1-3-4(5(7)8)2-6(3,9)10/h1-2H2. The first-order valence-electron chi connectivity index (χ1n) is 2.57. The van der Waals surface area contributed by atoms with Crippen molar-refractivity contribution in [2.45, 2.75) is 12.3 Å². The Labute approximate surface area is 54.8 Å². The summed E-state index contributed by atoms with van der Waals surface area (Å²) in [4.78, 5) is 0. The number of rotatable bonds is 0. The Bertz CT molecular complexity index is 210. The van der Waals surface area contributed by atoms with Crippen molar-refractivity contribution >= 4 is 0 Å². The first-order valence-corrected chi connectivity index (χ1v) is 2.57. The Morgan fingerprint density at radius 3 is 2.00 bits per heavy atom. The van der Waals surface area contributed by atoms with Gasteiger partial charge in [-0.05, 0) is 0 Å². The molecule has 56 valence electrons. The van der Waals surface area contributed by atoms with E-state index in [9.17, 15) is 17.6 Å². The summed E-state index contributed by atoms with van der Waals surface area (Å²) in [5, 5.41) is 0. The summed E-state index contributed by atoms with van der Waals surface area (Å²) < 4.78 is 47.3. The molecule has 0 bridgehead atoms. The van der Waals surface area contributed by atoms with Crippen molar-refractivity contribution in [2.24, 2.45) is 0 Å². The quantitative estimate of drug-likeness (QED) is 0.468. The van der Waals surface area contributed by atoms with Gasteiger partial charge >= 0.3 is 0 Å². The van der Waals surface area contributed by atoms with Gasteiger partial charge in [0, 0.05) is 17.6 Å². The predicted octanol–water partition coefficient (Wildman–Crippen LogP) is 2.73. The Hall–Kier alpha value is -0.800. The predicted molar refractivity (Wildman–Crippen MR) is 27.9 cm³/mol. The SMILES string of the molecule is C=C1C(=C(F)F)CC1(F)F. The molecule has 1 rings (SSSR count). The van der Waals surface area contributed by atoms with Crippen LogP contribution >= 0.6 is 0 Å². The summed E-state index contributed by atoms with van der Waals surface area (Å²) in [5.41, 5.74) is -1.34. The van der Waals surface area contributed by atoms with Gasteiger partial charge in [0.1, 0.15) is 0 Å². The van der Waals surface area contributed by atoms with Crippen molar-refractivity contribution in [3.8, 4) is 0 Å². The highest BCUT2D eigenvalue weighted by molar-refractivity contribution is 5.45. The van der Waals surface area contributed by atoms with E-state index in [2.05, 4.69) is 6.58 Å². The molecule has 0 atom stereocenters. The molecule has 0 aliphatic heterocycles. The molecule has 0 heterocycles. The van der Waals surface area contributed by atoms with E-state index < -0.39 is 29.6 Å². The van der Waals surface area contributed by atoms with Crippen LogP contribution in [0.3, 0.4) is 0 Å². The van der Waals surface area contributed by atoms with Crippen LogP contribution in [-0.2, 0) is 0 Å². The minimum atomic E-state index is -3.10. The highest BCUT2D eigenvalue weighted by atomic mass is 19.3. The molecule has 0 aromatic rings. The van der Waals surface area contributed by atoms with E-state index >= 15 is 0 Å². The molecule has 0 aromatic carbocycles. The molecular weight excluding hydrogens is 148 g/mol. The summed E-state index contributed by atoms with van der Waals surface area (Å²) in [6.07, 6.45) is -2.91. The lowest BCUT2D eigenvalue weighted by Gasteiger charge is -2.30. The Kier molecular flexibility index (Phi) is 1.34. The average molecular weight is 152 g/mol. The van der Waals surface area contributed by atoms with Gasteiger partial charge in [-0.15, -0.1) is 0 Å². The Morgan fingerprint density at radius 1 is 1.40 bits per heavy atom. The van der Waals surface area contributed by atoms with E-state index in [-0.39, 0.29) is 0 Å². The van der Waals surface area contributed by atoms with Crippen LogP contribution in [0.5, 0.6) is 0 Å². The lowest BCUT2D eigenvalue weighted by molar-refractivity contribution is 0.0133. The summed E-state index contributed by atoms with van der Waals surface area (Å²) in [6, 6.07) is 0. The van der Waals surface area contributed by atoms with Gasteiger partial charge in [-0.25, -0.2) is 8.78 Å². The molecule has 0 N–H and O–H groups in total. The van der Waals surface area contributed by atoms with Crippen molar-refractivity contribution in [1.29, 1.82) is 0 Å². The monoisotopic (exact) mass is 152 g/mol. The molecule has 0 radical (unpaired) electrons. The summed E-state index contributed by atoms with van der Waals surface area (Å²) in [7, 11) is 0. The van der Waals surface area contributed by atoms with Gasteiger partial charge in [-0.1, -0.05) is 6.58 Å². The largest absolute Gasteiger partial charge is 0.277 e. The Morgan fingerprint density at radius 2 is 1.90 bits per heavy atom. The second-order valence-electron chi connectivity index (χ2n) is 2.10. The fourth-order valence-corrected chi connectivity index (χ4v) is 0.730. The van der Waals surface area contributed by atoms with Crippen LogP contribution < -0.4 is 0 Å². The molecule has 1 aliphatic carbocycles. The van der Waals surface area contributed by atoms with Gasteiger partial charge in [0.2, 0.25) is 0 Å². The molecule has 0 amide bonds. The fourth-order valence-electron chi connectivity index (χ4n) is 0.730. The van der Waals surface area contributed by atoms with Crippen LogP contribution in [-0.4, -0.2) is 5.92 Å². The smallest absolute Gasteiger partial charge is 0.201 e. The maximum absolute atomic E-state index is 12.1. The van der Waals surface area contributed by atoms with E-state index in [1.54, 1.807) is 0 Å². The lowest BCUT2D eigenvalue weighted by atomic mass is 9.83. The topological polar surface area (TPSA) is 0 Å². The van der Waals surface area contributed by atoms with Gasteiger partial charge in [-0.3, -0.25) is 0 Å². The van der Waals surface area contributed by atoms with Crippen LogP contribution in [0.2, 0.25) is 0 Å². The van der Waals surface area contributed by atoms with E-state index in [0.29, 0.717) is 0 Å². The average Bonchev–Trinajstić information content (AvgIpc) is 1.82. The summed E-state index contributed by atoms with van der Waals surface area (Å²) >= 11 is 0. The molecule has 1 saturated carbocycles. The molecule has 0 nitrogen and oxygen atoms in total. The maximum atomic E-state index is 12.1. The minimum Gasteiger partial charge on any atom is -0.201 e. The van der Waals surface area contributed by atoms with Crippen molar-refractivity contribution in [1.82, 2.24) is 0 Å². The molecule has 4 heteroatoms. The zero-order valence-electron chi connectivity index (χ0n) is 4.93. The van der Waals surface area contributed by atoms with Crippen LogP contribution in [0.4, 0.5) is 17.6 Å². The molecule has 0 aromatic heterocycles. The fraction of sp³-hybridized carbons (Fsp3) is 0.333. The zero-order chi connectivity index (χ0) is 7.94. The first kappa shape index (κ1) is 7.31. The van der Waals surface area contributed by atoms with Crippen LogP contribution in [0.15, 0.2) is 23.8 Å². The van der Waals surface area contributed by atoms with Crippen LogP contribution in [0, 0.1) is 0 Å². The van der Waals surface area contributed by atoms with E-state index in [0.717, 1.165) is 0 Å². The molecule has 0 unspecified atom stereocenters. The third kappa shape index (κ3) is 0.836. The highest BCUT2D eigenvalue weighted by Gasteiger charge is 2.48. The molecule has 10 heavy (non-hydrogen) atoms. The van der Waals surface area contributed by atoms with Crippen molar-refractivity contribution < 1.29 is 17.6 Å². The normalized spacial score (nSPS) is 22.4. The first-order chi connectivity index (χ1) is 4.45. The van der Waals surface area contributed by atoms with Crippen LogP contribution in [0.1, 0.15) is 6.42 Å². The molecule has 0 saturated heterocycles. The number of halogens is 4. The Balaban J connectivity index is 2.83. The summed E-state index contributed by atoms with van der Waals surface area (Å²) in [5.74, 6) is -3.10. The third-order valence-electron chi connectivity index (χ3n) is 1.43. The van der Waals surface area contributed by atoms with Crippen molar-refractivity contribution in [3.05, 3.63) is 23.8 Å². The van der Waals surface area contributed by atoms with Gasteiger partial charge in [0.25, 0.3) is 12.0 Å². The van der Waals surface area contributed by atoms with Crippen molar-refractivity contribution in [2.75, 3.05) is 0 Å². The van der Waals surface area contributed by atoms with Crippen molar-refractivity contribution in [3.63, 3.8) is 0 Å². The summed E-state index contributed by atoms with van der Waals surface area (Å²) in [6.45, 7) is 2.83. The van der Waals surface area contributed by atoms with E-state index in [1.807, 2.05) is 0 Å². The third-order valence-corrected chi connectivity index (χ3v) is 1.43. The zero-order valence-corrected chi connectivity index (χ0v) is 4.93. The van der Waals surface area contributed by atoms with Gasteiger partial charge in [0.05, 0.1) is 0 Å². The minimum absolute atomic E-state index is 0.593. The molecule has 1 aliphatic rings. The van der Waals surface area contributed by atoms with Gasteiger partial charge in [0.15, 0.2) is 0 Å². The lowest BCUT2D eigenvalue weighted by Crippen LogP contribution is -2.32. The van der Waals surface area contributed by atoms with Gasteiger partial charge in [-0.2, -0.15) is 8.78 Å². The maximum Gasteiger partial charge on any atom is 0.277 e. The second kappa shape index (κ2) is 1.84. The number of hydrogen-bond donors (Lipinski definition) is 0. The molecule has 0 spiro atoms. The molecule has 1 fully saturated rings. The van der Waals surface area contributed by atoms with E-state index in [4.69, 9.17) is 0 Å². The van der Waals surface area contributed by atoms with Crippen LogP contribution in [0.25, 0.3) is 0 Å². The second-order valence-corrected chi connectivity index (χ2v) is 2.10. The number of alkyl halides is 2. The number of hydrogen-bond acceptors (Lipinski definition) is 0.